The minimum atomic E-state index is -0.330. The first kappa shape index (κ1) is 19.3. The Morgan fingerprint density at radius 2 is 1.90 bits per heavy atom. The van der Waals surface area contributed by atoms with Crippen molar-refractivity contribution in [2.75, 3.05) is 10.6 Å². The lowest BCUT2D eigenvalue weighted by Crippen LogP contribution is -2.32. The number of aromatic nitrogens is 2. The molecule has 6 heteroatoms. The van der Waals surface area contributed by atoms with E-state index >= 15 is 0 Å². The number of carbonyl (C=O) groups excluding carboxylic acids is 2. The summed E-state index contributed by atoms with van der Waals surface area (Å²) in [4.78, 5) is 25.9. The molecule has 1 aromatic heterocycles. The molecule has 1 atom stereocenters. The van der Waals surface area contributed by atoms with Crippen LogP contribution in [-0.2, 0) is 11.2 Å². The van der Waals surface area contributed by atoms with Gasteiger partial charge in [-0.25, -0.2) is 4.68 Å². The fraction of sp³-hybridized carbons (Fsp3) is 0.240. The summed E-state index contributed by atoms with van der Waals surface area (Å²) in [5.41, 5.74) is 5.10. The molecule has 0 unspecified atom stereocenters. The minimum absolute atomic E-state index is 0.148. The molecule has 6 nitrogen and oxygen atoms in total. The second-order valence-electron chi connectivity index (χ2n) is 7.96. The monoisotopic (exact) mass is 412 g/mol. The summed E-state index contributed by atoms with van der Waals surface area (Å²) in [6.45, 7) is 2.12. The Kier molecular flexibility index (Phi) is 4.90. The first-order valence-corrected chi connectivity index (χ1v) is 10.7. The third kappa shape index (κ3) is 3.44. The molecule has 31 heavy (non-hydrogen) atoms. The Labute approximate surface area is 181 Å². The lowest BCUT2D eigenvalue weighted by molar-refractivity contribution is -0.116. The van der Waals surface area contributed by atoms with Crippen LogP contribution in [0, 0.1) is 0 Å². The van der Waals surface area contributed by atoms with Crippen molar-refractivity contribution < 1.29 is 9.59 Å². The van der Waals surface area contributed by atoms with Crippen molar-refractivity contribution in [3.05, 3.63) is 88.8 Å². The number of aryl methyl sites for hydroxylation is 1. The standard InChI is InChI=1S/C25H24N4O2/c1-2-16-11-13-17(14-12-16)23-22-20(9-6-10-21(22)30)28-24-19(15-26-29(23)24)25(31)27-18-7-4-3-5-8-18/h3-5,7-8,11-15,23,28H,2,6,9-10H2,1H3,(H,27,31)/t23-/m1/s1. The number of ketones is 1. The zero-order valence-electron chi connectivity index (χ0n) is 17.4. The molecule has 0 fully saturated rings. The summed E-state index contributed by atoms with van der Waals surface area (Å²) in [6, 6.07) is 17.3. The van der Waals surface area contributed by atoms with E-state index in [2.05, 4.69) is 46.9 Å². The Hall–Kier alpha value is -3.67. The summed E-state index contributed by atoms with van der Waals surface area (Å²) in [5, 5.41) is 10.8. The highest BCUT2D eigenvalue weighted by Gasteiger charge is 2.37. The second kappa shape index (κ2) is 7.87. The summed E-state index contributed by atoms with van der Waals surface area (Å²) in [7, 11) is 0. The lowest BCUT2D eigenvalue weighted by atomic mass is 9.85. The van der Waals surface area contributed by atoms with Crippen molar-refractivity contribution in [3.63, 3.8) is 0 Å². The largest absolute Gasteiger partial charge is 0.343 e. The maximum absolute atomic E-state index is 13.0. The van der Waals surface area contributed by atoms with E-state index in [0.717, 1.165) is 41.8 Å². The minimum Gasteiger partial charge on any atom is -0.343 e. The lowest BCUT2D eigenvalue weighted by Gasteiger charge is -2.33. The highest BCUT2D eigenvalue weighted by Crippen LogP contribution is 2.41. The summed E-state index contributed by atoms with van der Waals surface area (Å²) in [5.74, 6) is 0.549. The molecule has 0 saturated heterocycles. The van der Waals surface area contributed by atoms with E-state index in [1.807, 2.05) is 30.3 Å². The van der Waals surface area contributed by atoms with Crippen LogP contribution in [0.1, 0.15) is 53.7 Å². The summed E-state index contributed by atoms with van der Waals surface area (Å²) < 4.78 is 1.78. The normalized spacial score (nSPS) is 17.6. The van der Waals surface area contributed by atoms with Crippen LogP contribution in [0.5, 0.6) is 0 Å². The van der Waals surface area contributed by atoms with Gasteiger partial charge in [0, 0.05) is 23.4 Å². The molecule has 1 aliphatic heterocycles. The number of allylic oxidation sites excluding steroid dienone is 2. The van der Waals surface area contributed by atoms with Crippen LogP contribution >= 0.6 is 0 Å². The topological polar surface area (TPSA) is 76.0 Å². The molecule has 1 aliphatic carbocycles. The maximum atomic E-state index is 13.0. The Balaban J connectivity index is 1.57. The van der Waals surface area contributed by atoms with Crippen LogP contribution in [0.25, 0.3) is 0 Å². The average Bonchev–Trinajstić information content (AvgIpc) is 3.22. The van der Waals surface area contributed by atoms with Crippen molar-refractivity contribution in [1.29, 1.82) is 0 Å². The molecule has 1 amide bonds. The van der Waals surface area contributed by atoms with E-state index in [1.165, 1.54) is 5.56 Å². The highest BCUT2D eigenvalue weighted by atomic mass is 16.1. The number of Topliss-reactive ketones (excluding diaryl/α,β-unsaturated/α-hetero) is 1. The van der Waals surface area contributed by atoms with Gasteiger partial charge in [0.2, 0.25) is 0 Å². The van der Waals surface area contributed by atoms with Gasteiger partial charge in [0.25, 0.3) is 5.91 Å². The number of rotatable bonds is 4. The van der Waals surface area contributed by atoms with Gasteiger partial charge in [0.05, 0.1) is 6.20 Å². The van der Waals surface area contributed by atoms with Crippen LogP contribution in [0.3, 0.4) is 0 Å². The number of nitrogens with zero attached hydrogens (tertiary/aromatic N) is 2. The predicted molar refractivity (Wildman–Crippen MR) is 120 cm³/mol. The van der Waals surface area contributed by atoms with E-state index in [-0.39, 0.29) is 17.7 Å². The molecule has 156 valence electrons. The van der Waals surface area contributed by atoms with Crippen molar-refractivity contribution in [3.8, 4) is 0 Å². The van der Waals surface area contributed by atoms with E-state index in [0.29, 0.717) is 17.8 Å². The third-order valence-electron chi connectivity index (χ3n) is 6.02. The van der Waals surface area contributed by atoms with Gasteiger partial charge in [-0.2, -0.15) is 5.10 Å². The molecular formula is C25H24N4O2. The van der Waals surface area contributed by atoms with Gasteiger partial charge in [0.1, 0.15) is 17.4 Å². The summed E-state index contributed by atoms with van der Waals surface area (Å²) >= 11 is 0. The number of fused-ring (bicyclic) bond motifs is 1. The van der Waals surface area contributed by atoms with Gasteiger partial charge < -0.3 is 10.6 Å². The molecule has 2 heterocycles. The smallest absolute Gasteiger partial charge is 0.261 e. The third-order valence-corrected chi connectivity index (χ3v) is 6.02. The van der Waals surface area contributed by atoms with Gasteiger partial charge in [-0.15, -0.1) is 0 Å². The van der Waals surface area contributed by atoms with Crippen LogP contribution in [0.15, 0.2) is 72.1 Å². The van der Waals surface area contributed by atoms with E-state index in [4.69, 9.17) is 0 Å². The van der Waals surface area contributed by atoms with Crippen molar-refractivity contribution in [2.45, 2.75) is 38.6 Å². The molecule has 2 N–H and O–H groups in total. The quantitative estimate of drug-likeness (QED) is 0.650. The van der Waals surface area contributed by atoms with E-state index in [1.54, 1.807) is 10.9 Å². The van der Waals surface area contributed by atoms with Gasteiger partial charge in [0.15, 0.2) is 5.78 Å². The SMILES string of the molecule is CCc1ccc([C@@H]2C3=C(CCCC3=O)Nc3c(C(=O)Nc4ccccc4)cnn32)cc1. The molecular weight excluding hydrogens is 388 g/mol. The van der Waals surface area contributed by atoms with Gasteiger partial charge in [-0.1, -0.05) is 49.4 Å². The van der Waals surface area contributed by atoms with Crippen molar-refractivity contribution in [1.82, 2.24) is 9.78 Å². The molecule has 2 aliphatic rings. The number of nitrogens with one attached hydrogen (secondary N) is 2. The van der Waals surface area contributed by atoms with E-state index < -0.39 is 0 Å². The number of hydrogen-bond acceptors (Lipinski definition) is 4. The zero-order valence-corrected chi connectivity index (χ0v) is 17.4. The number of benzene rings is 2. The molecule has 3 aromatic rings. The number of carbonyl (C=O) groups is 2. The van der Waals surface area contributed by atoms with Crippen molar-refractivity contribution in [2.24, 2.45) is 0 Å². The fourth-order valence-corrected chi connectivity index (χ4v) is 4.39. The predicted octanol–water partition coefficient (Wildman–Crippen LogP) is 4.72. The average molecular weight is 412 g/mol. The highest BCUT2D eigenvalue weighted by molar-refractivity contribution is 6.08. The molecule has 5 rings (SSSR count). The van der Waals surface area contributed by atoms with Crippen LogP contribution < -0.4 is 10.6 Å². The number of para-hydroxylation sites is 1. The molecule has 0 saturated carbocycles. The number of amides is 1. The first-order chi connectivity index (χ1) is 15.2. The zero-order chi connectivity index (χ0) is 21.4. The molecule has 2 aromatic carbocycles. The molecule has 0 radical (unpaired) electrons. The van der Waals surface area contributed by atoms with Crippen LogP contribution in [-0.4, -0.2) is 21.5 Å². The Bertz CT molecular complexity index is 1180. The fourth-order valence-electron chi connectivity index (χ4n) is 4.39. The van der Waals surface area contributed by atoms with Gasteiger partial charge >= 0.3 is 0 Å². The second-order valence-corrected chi connectivity index (χ2v) is 7.96. The Morgan fingerprint density at radius 1 is 1.13 bits per heavy atom. The van der Waals surface area contributed by atoms with Gasteiger partial charge in [-0.05, 0) is 42.5 Å². The number of anilines is 2. The molecule has 0 bridgehead atoms. The maximum Gasteiger partial charge on any atom is 0.261 e. The van der Waals surface area contributed by atoms with Crippen LogP contribution in [0.2, 0.25) is 0 Å². The number of hydrogen-bond donors (Lipinski definition) is 2. The van der Waals surface area contributed by atoms with Crippen LogP contribution in [0.4, 0.5) is 11.5 Å². The first-order valence-electron chi connectivity index (χ1n) is 10.7. The van der Waals surface area contributed by atoms with E-state index in [9.17, 15) is 9.59 Å². The summed E-state index contributed by atoms with van der Waals surface area (Å²) in [6.07, 6.45) is 4.68. The molecule has 0 spiro atoms. The van der Waals surface area contributed by atoms with Crippen molar-refractivity contribution >= 4 is 23.2 Å². The Morgan fingerprint density at radius 3 is 2.65 bits per heavy atom. The van der Waals surface area contributed by atoms with Gasteiger partial charge in [-0.3, -0.25) is 9.59 Å².